The zero-order valence-corrected chi connectivity index (χ0v) is 14.8. The zero-order chi connectivity index (χ0) is 14.8. The van der Waals surface area contributed by atoms with Crippen molar-refractivity contribution in [3.63, 3.8) is 0 Å². The molecule has 0 nitrogen and oxygen atoms in total. The van der Waals surface area contributed by atoms with Crippen molar-refractivity contribution in [3.8, 4) is 0 Å². The molecule has 116 valence electrons. The predicted molar refractivity (Wildman–Crippen MR) is 89.5 cm³/mol. The molecule has 0 heteroatoms. The minimum atomic E-state index is 0.945. The molecule has 1 rings (SSSR count). The Labute approximate surface area is 123 Å². The molecular weight excluding hydrogens is 228 g/mol. The Kier molecular flexibility index (Phi) is 10.7. The molecule has 4 unspecified atom stereocenters. The van der Waals surface area contributed by atoms with E-state index in [0.29, 0.717) is 0 Å². The smallest absolute Gasteiger partial charge is 0.0360 e. The molecule has 0 aliphatic heterocycles. The molecule has 0 aromatic heterocycles. The number of hydrogen-bond donors (Lipinski definition) is 0. The van der Waals surface area contributed by atoms with Crippen LogP contribution in [0.2, 0.25) is 0 Å². The van der Waals surface area contributed by atoms with Crippen LogP contribution in [0.1, 0.15) is 93.4 Å². The van der Waals surface area contributed by atoms with Gasteiger partial charge in [-0.1, -0.05) is 87.0 Å². The van der Waals surface area contributed by atoms with E-state index < -0.39 is 0 Å². The Morgan fingerprint density at radius 3 is 1.84 bits per heavy atom. The minimum absolute atomic E-state index is 0.945. The van der Waals surface area contributed by atoms with Gasteiger partial charge in [0.1, 0.15) is 0 Å². The summed E-state index contributed by atoms with van der Waals surface area (Å²) in [4.78, 5) is 0. The van der Waals surface area contributed by atoms with E-state index >= 15 is 0 Å². The van der Waals surface area contributed by atoms with Crippen LogP contribution in [0.4, 0.5) is 0 Å². The maximum absolute atomic E-state index is 2.55. The maximum Gasteiger partial charge on any atom is -0.0360 e. The molecule has 1 fully saturated rings. The van der Waals surface area contributed by atoms with E-state index in [-0.39, 0.29) is 0 Å². The van der Waals surface area contributed by atoms with E-state index in [1.54, 1.807) is 0 Å². The van der Waals surface area contributed by atoms with E-state index in [0.717, 1.165) is 29.6 Å². The summed E-state index contributed by atoms with van der Waals surface area (Å²) >= 11 is 0. The third kappa shape index (κ3) is 5.48. The maximum atomic E-state index is 2.55. The van der Waals surface area contributed by atoms with Crippen LogP contribution in [-0.4, -0.2) is 0 Å². The highest BCUT2D eigenvalue weighted by Crippen LogP contribution is 2.42. The minimum Gasteiger partial charge on any atom is -0.0683 e. The van der Waals surface area contributed by atoms with Gasteiger partial charge in [0.2, 0.25) is 0 Å². The van der Waals surface area contributed by atoms with Gasteiger partial charge in [0.25, 0.3) is 0 Å². The molecule has 1 saturated carbocycles. The van der Waals surface area contributed by atoms with Crippen molar-refractivity contribution in [2.75, 3.05) is 0 Å². The number of rotatable bonds is 6. The average molecular weight is 269 g/mol. The molecule has 0 heterocycles. The van der Waals surface area contributed by atoms with Gasteiger partial charge in [-0.2, -0.15) is 0 Å². The Balaban J connectivity index is 0.00000154. The van der Waals surface area contributed by atoms with E-state index in [4.69, 9.17) is 0 Å². The Morgan fingerprint density at radius 1 is 0.895 bits per heavy atom. The van der Waals surface area contributed by atoms with Gasteiger partial charge in [0, 0.05) is 0 Å². The predicted octanol–water partition coefficient (Wildman–Crippen LogP) is 6.94. The van der Waals surface area contributed by atoms with E-state index in [1.807, 2.05) is 13.8 Å². The fourth-order valence-corrected chi connectivity index (χ4v) is 4.47. The first-order valence-electron chi connectivity index (χ1n) is 9.15. The first-order valence-corrected chi connectivity index (χ1v) is 9.15. The Hall–Kier alpha value is 0. The highest BCUT2D eigenvalue weighted by Gasteiger charge is 2.33. The molecule has 0 saturated heterocycles. The lowest BCUT2D eigenvalue weighted by Crippen LogP contribution is -2.31. The monoisotopic (exact) mass is 268 g/mol. The normalized spacial score (nSPS) is 26.5. The van der Waals surface area contributed by atoms with Crippen molar-refractivity contribution in [1.82, 2.24) is 0 Å². The van der Waals surface area contributed by atoms with Crippen molar-refractivity contribution < 1.29 is 0 Å². The molecule has 0 radical (unpaired) electrons. The third-order valence-corrected chi connectivity index (χ3v) is 5.65. The molecule has 4 atom stereocenters. The first-order chi connectivity index (χ1) is 9.15. The van der Waals surface area contributed by atoms with Gasteiger partial charge >= 0.3 is 0 Å². The van der Waals surface area contributed by atoms with Gasteiger partial charge in [-0.05, 0) is 36.0 Å². The molecular formula is C19H40. The van der Waals surface area contributed by atoms with Gasteiger partial charge < -0.3 is 0 Å². The molecule has 0 bridgehead atoms. The van der Waals surface area contributed by atoms with Crippen LogP contribution in [0.5, 0.6) is 0 Å². The van der Waals surface area contributed by atoms with Gasteiger partial charge in [-0.25, -0.2) is 0 Å². The molecule has 0 aromatic rings. The van der Waals surface area contributed by atoms with Crippen LogP contribution < -0.4 is 0 Å². The van der Waals surface area contributed by atoms with Gasteiger partial charge in [-0.15, -0.1) is 0 Å². The van der Waals surface area contributed by atoms with E-state index in [2.05, 4.69) is 34.6 Å². The summed E-state index contributed by atoms with van der Waals surface area (Å²) in [7, 11) is 0. The van der Waals surface area contributed by atoms with Crippen LogP contribution >= 0.6 is 0 Å². The second-order valence-corrected chi connectivity index (χ2v) is 6.43. The fourth-order valence-electron chi connectivity index (χ4n) is 4.47. The summed E-state index contributed by atoms with van der Waals surface area (Å²) in [5, 5.41) is 0. The van der Waals surface area contributed by atoms with Crippen molar-refractivity contribution in [1.29, 1.82) is 0 Å². The topological polar surface area (TPSA) is 0 Å². The molecule has 0 aromatic carbocycles. The lowest BCUT2D eigenvalue weighted by Gasteiger charge is -2.40. The summed E-state index contributed by atoms with van der Waals surface area (Å²) in [5.74, 6) is 4.86. The highest BCUT2D eigenvalue weighted by molar-refractivity contribution is 4.82. The second kappa shape index (κ2) is 10.7. The molecule has 0 amide bonds. The van der Waals surface area contributed by atoms with E-state index in [1.165, 1.54) is 44.9 Å². The standard InChI is InChI=1S/C17H34.C2H6/c1-6-15(7-2)16(8-3)14(5)17-12-10-9-11-13(17)4;1-2/h13-17H,6-12H2,1-5H3;1-2H3. The lowest BCUT2D eigenvalue weighted by atomic mass is 9.65. The summed E-state index contributed by atoms with van der Waals surface area (Å²) < 4.78 is 0. The van der Waals surface area contributed by atoms with Gasteiger partial charge in [-0.3, -0.25) is 0 Å². The Bertz CT molecular complexity index is 192. The third-order valence-electron chi connectivity index (χ3n) is 5.65. The fraction of sp³-hybridized carbons (Fsp3) is 1.00. The lowest BCUT2D eigenvalue weighted by molar-refractivity contribution is 0.0973. The van der Waals surface area contributed by atoms with Crippen molar-refractivity contribution in [2.45, 2.75) is 93.4 Å². The van der Waals surface area contributed by atoms with Gasteiger partial charge in [0.05, 0.1) is 0 Å². The van der Waals surface area contributed by atoms with Crippen molar-refractivity contribution in [2.24, 2.45) is 29.6 Å². The average Bonchev–Trinajstić information content (AvgIpc) is 2.46. The van der Waals surface area contributed by atoms with Crippen LogP contribution in [0, 0.1) is 29.6 Å². The highest BCUT2D eigenvalue weighted by atomic mass is 14.4. The summed E-state index contributed by atoms with van der Waals surface area (Å²) in [6.45, 7) is 16.2. The first kappa shape index (κ1) is 19.0. The molecule has 0 N–H and O–H groups in total. The van der Waals surface area contributed by atoms with Crippen molar-refractivity contribution >= 4 is 0 Å². The summed E-state index contributed by atoms with van der Waals surface area (Å²) in [6, 6.07) is 0. The second-order valence-electron chi connectivity index (χ2n) is 6.43. The molecule has 1 aliphatic rings. The summed E-state index contributed by atoms with van der Waals surface area (Å²) in [5.41, 5.74) is 0. The number of hydrogen-bond acceptors (Lipinski definition) is 0. The molecule has 0 spiro atoms. The molecule has 19 heavy (non-hydrogen) atoms. The van der Waals surface area contributed by atoms with Crippen LogP contribution in [-0.2, 0) is 0 Å². The summed E-state index contributed by atoms with van der Waals surface area (Å²) in [6.07, 6.45) is 10.1. The molecule has 1 aliphatic carbocycles. The van der Waals surface area contributed by atoms with Crippen LogP contribution in [0.25, 0.3) is 0 Å². The Morgan fingerprint density at radius 2 is 1.42 bits per heavy atom. The van der Waals surface area contributed by atoms with Crippen LogP contribution in [0.15, 0.2) is 0 Å². The van der Waals surface area contributed by atoms with E-state index in [9.17, 15) is 0 Å². The quantitative estimate of drug-likeness (QED) is 0.489. The van der Waals surface area contributed by atoms with Crippen LogP contribution in [0.3, 0.4) is 0 Å². The van der Waals surface area contributed by atoms with Crippen molar-refractivity contribution in [3.05, 3.63) is 0 Å². The zero-order valence-electron chi connectivity index (χ0n) is 14.8. The SMILES string of the molecule is CC.CCC(CC)C(CC)C(C)C1CCCCC1C. The largest absolute Gasteiger partial charge is 0.0683 e. The van der Waals surface area contributed by atoms with Gasteiger partial charge in [0.15, 0.2) is 0 Å².